The molecule has 2 spiro atoms. The summed E-state index contributed by atoms with van der Waals surface area (Å²) in [7, 11) is 0. The molecule has 1 unspecified atom stereocenters. The predicted molar refractivity (Wildman–Crippen MR) is 137 cm³/mol. The summed E-state index contributed by atoms with van der Waals surface area (Å²) < 4.78 is 24.1. The maximum Gasteiger partial charge on any atom is 0.415 e. The van der Waals surface area contributed by atoms with Crippen LogP contribution in [0.3, 0.4) is 0 Å². The van der Waals surface area contributed by atoms with Crippen LogP contribution in [-0.4, -0.2) is 59.0 Å². The number of rotatable bonds is 2. The SMILES string of the molecule is CC(C)(C)OC(=O)NC1=NC2(CO1)c1cc(NC(=O)c3ncc(Br)cn3)ccc1OC(C)(C)C21COC1. The van der Waals surface area contributed by atoms with Gasteiger partial charge in [0.2, 0.25) is 5.82 Å². The third-order valence-electron chi connectivity index (χ3n) is 6.83. The van der Waals surface area contributed by atoms with Crippen LogP contribution in [0.4, 0.5) is 10.5 Å². The fourth-order valence-corrected chi connectivity index (χ4v) is 5.11. The highest BCUT2D eigenvalue weighted by atomic mass is 79.9. The Morgan fingerprint density at radius 1 is 1.08 bits per heavy atom. The molecule has 5 rings (SSSR count). The smallest absolute Gasteiger partial charge is 0.415 e. The normalized spacial score (nSPS) is 22.7. The molecular weight excluding hydrogens is 546 g/mol. The molecule has 1 aromatic heterocycles. The molecule has 3 aliphatic heterocycles. The maximum absolute atomic E-state index is 12.8. The van der Waals surface area contributed by atoms with Crippen LogP contribution in [-0.2, 0) is 19.7 Å². The van der Waals surface area contributed by atoms with Crippen molar-refractivity contribution < 1.29 is 28.5 Å². The average molecular weight is 574 g/mol. The fraction of sp³-hybridized carbons (Fsp3) is 0.480. The van der Waals surface area contributed by atoms with Crippen molar-refractivity contribution in [3.63, 3.8) is 0 Å². The van der Waals surface area contributed by atoms with E-state index in [1.54, 1.807) is 32.9 Å². The monoisotopic (exact) mass is 573 g/mol. The van der Waals surface area contributed by atoms with E-state index in [-0.39, 0.29) is 18.5 Å². The number of aromatic nitrogens is 2. The lowest BCUT2D eigenvalue weighted by Gasteiger charge is -2.61. The summed E-state index contributed by atoms with van der Waals surface area (Å²) in [6, 6.07) is 5.40. The first-order valence-corrected chi connectivity index (χ1v) is 12.6. The first-order valence-electron chi connectivity index (χ1n) is 11.8. The van der Waals surface area contributed by atoms with Crippen LogP contribution >= 0.6 is 15.9 Å². The van der Waals surface area contributed by atoms with Gasteiger partial charge < -0.3 is 24.3 Å². The highest BCUT2D eigenvalue weighted by Gasteiger charge is 2.71. The molecule has 1 atom stereocenters. The summed E-state index contributed by atoms with van der Waals surface area (Å²) in [4.78, 5) is 38.2. The van der Waals surface area contributed by atoms with Gasteiger partial charge >= 0.3 is 6.09 Å². The first kappa shape index (κ1) is 25.4. The average Bonchev–Trinajstić information content (AvgIpc) is 3.15. The van der Waals surface area contributed by atoms with Crippen LogP contribution in [0, 0.1) is 5.41 Å². The Bertz CT molecular complexity index is 1290. The van der Waals surface area contributed by atoms with Gasteiger partial charge in [0.25, 0.3) is 11.9 Å². The zero-order valence-corrected chi connectivity index (χ0v) is 22.8. The molecule has 11 nitrogen and oxygen atoms in total. The summed E-state index contributed by atoms with van der Waals surface area (Å²) in [6.45, 7) is 10.2. The number of halogens is 1. The molecule has 2 N–H and O–H groups in total. The number of ether oxygens (including phenoxy) is 4. The summed E-state index contributed by atoms with van der Waals surface area (Å²) in [5.74, 6) is 0.174. The van der Waals surface area contributed by atoms with E-state index in [0.29, 0.717) is 34.7 Å². The van der Waals surface area contributed by atoms with Crippen molar-refractivity contribution in [1.82, 2.24) is 15.3 Å². The number of nitrogens with zero attached hydrogens (tertiary/aromatic N) is 3. The maximum atomic E-state index is 12.8. The summed E-state index contributed by atoms with van der Waals surface area (Å²) in [5.41, 5.74) is -1.64. The molecule has 4 heterocycles. The molecule has 12 heteroatoms. The number of anilines is 1. The van der Waals surface area contributed by atoms with Crippen molar-refractivity contribution in [1.29, 1.82) is 0 Å². The van der Waals surface area contributed by atoms with E-state index in [1.807, 2.05) is 19.9 Å². The lowest BCUT2D eigenvalue weighted by molar-refractivity contribution is -0.247. The number of nitrogens with one attached hydrogen (secondary N) is 2. The van der Waals surface area contributed by atoms with Crippen LogP contribution in [0.5, 0.6) is 5.75 Å². The number of hydrogen-bond acceptors (Lipinski definition) is 9. The van der Waals surface area contributed by atoms with Crippen molar-refractivity contribution in [3.05, 3.63) is 46.5 Å². The minimum Gasteiger partial charge on any atom is -0.487 e. The minimum absolute atomic E-state index is 0.0305. The number of alkyl carbamates (subject to hydrolysis) is 1. The van der Waals surface area contributed by atoms with Gasteiger partial charge in [-0.15, -0.1) is 0 Å². The lowest BCUT2D eigenvalue weighted by atomic mass is 9.55. The fourth-order valence-electron chi connectivity index (χ4n) is 4.91. The quantitative estimate of drug-likeness (QED) is 0.554. The highest BCUT2D eigenvalue weighted by Crippen LogP contribution is 2.62. The molecule has 37 heavy (non-hydrogen) atoms. The van der Waals surface area contributed by atoms with E-state index in [1.165, 1.54) is 12.4 Å². The molecule has 0 radical (unpaired) electrons. The molecule has 1 saturated heterocycles. The number of fused-ring (bicyclic) bond motifs is 3. The van der Waals surface area contributed by atoms with Crippen LogP contribution in [0.1, 0.15) is 50.8 Å². The molecule has 3 aliphatic rings. The van der Waals surface area contributed by atoms with Crippen LogP contribution in [0.25, 0.3) is 0 Å². The minimum atomic E-state index is -0.943. The second-order valence-corrected chi connectivity index (χ2v) is 11.7. The zero-order chi connectivity index (χ0) is 26.6. The molecule has 1 fully saturated rings. The van der Waals surface area contributed by atoms with Crippen molar-refractivity contribution in [2.45, 2.75) is 51.4 Å². The zero-order valence-electron chi connectivity index (χ0n) is 21.2. The molecule has 2 amide bonds. The largest absolute Gasteiger partial charge is 0.487 e. The van der Waals surface area contributed by atoms with Crippen molar-refractivity contribution in [3.8, 4) is 5.75 Å². The Morgan fingerprint density at radius 3 is 2.41 bits per heavy atom. The van der Waals surface area contributed by atoms with E-state index >= 15 is 0 Å². The predicted octanol–water partition coefficient (Wildman–Crippen LogP) is 3.79. The van der Waals surface area contributed by atoms with Gasteiger partial charge in [-0.3, -0.25) is 4.79 Å². The molecule has 2 aromatic rings. The van der Waals surface area contributed by atoms with E-state index in [2.05, 4.69) is 36.5 Å². The number of hydrogen-bond donors (Lipinski definition) is 2. The van der Waals surface area contributed by atoms with E-state index in [9.17, 15) is 9.59 Å². The second kappa shape index (κ2) is 8.66. The molecular formula is C25H28BrN5O6. The van der Waals surface area contributed by atoms with Crippen LogP contribution < -0.4 is 15.4 Å². The third kappa shape index (κ3) is 4.31. The Labute approximate surface area is 222 Å². The van der Waals surface area contributed by atoms with Crippen LogP contribution in [0.2, 0.25) is 0 Å². The molecule has 0 saturated carbocycles. The number of amides is 2. The van der Waals surface area contributed by atoms with Gasteiger partial charge in [0.05, 0.1) is 23.1 Å². The molecule has 1 aromatic carbocycles. The Kier molecular flexibility index (Phi) is 5.94. The van der Waals surface area contributed by atoms with Crippen molar-refractivity contribution in [2.24, 2.45) is 10.4 Å². The molecule has 196 valence electrons. The van der Waals surface area contributed by atoms with Gasteiger partial charge in [-0.2, -0.15) is 0 Å². The number of aliphatic imine (C=N–C) groups is 1. The number of benzene rings is 1. The van der Waals surface area contributed by atoms with E-state index in [0.717, 1.165) is 0 Å². The van der Waals surface area contributed by atoms with E-state index in [4.69, 9.17) is 23.9 Å². The van der Waals surface area contributed by atoms with Gasteiger partial charge in [-0.1, -0.05) is 0 Å². The molecule has 0 bridgehead atoms. The lowest BCUT2D eigenvalue weighted by Crippen LogP contribution is -2.71. The van der Waals surface area contributed by atoms with Gasteiger partial charge in [-0.05, 0) is 68.7 Å². The van der Waals surface area contributed by atoms with Crippen molar-refractivity contribution >= 4 is 39.6 Å². The Hall–Kier alpha value is -3.25. The Morgan fingerprint density at radius 2 is 1.78 bits per heavy atom. The summed E-state index contributed by atoms with van der Waals surface area (Å²) in [6.07, 6.45) is 2.34. The van der Waals surface area contributed by atoms with Gasteiger partial charge in [0.15, 0.2) is 0 Å². The second-order valence-electron chi connectivity index (χ2n) is 10.8. The van der Waals surface area contributed by atoms with Crippen LogP contribution in [0.15, 0.2) is 40.1 Å². The highest BCUT2D eigenvalue weighted by molar-refractivity contribution is 9.10. The summed E-state index contributed by atoms with van der Waals surface area (Å²) >= 11 is 3.26. The molecule has 0 aliphatic carbocycles. The number of amidine groups is 1. The number of carbonyl (C=O) groups excluding carboxylic acids is 2. The van der Waals surface area contributed by atoms with Gasteiger partial charge in [0.1, 0.15) is 29.1 Å². The standard InChI is InChI=1S/C25H28BrN5O6/c1-22(2,3)37-21(33)30-20-31-25(13-35-20)16-8-15(29-19(32)18-27-9-14(26)10-28-18)6-7-17(16)36-23(4,5)24(25)11-34-12-24/h6-10H,11-13H2,1-5H3,(H,29,32)(H,30,31,33). The van der Waals surface area contributed by atoms with Gasteiger partial charge in [0, 0.05) is 23.6 Å². The number of carbonyl (C=O) groups is 2. The third-order valence-corrected chi connectivity index (χ3v) is 7.24. The first-order chi connectivity index (χ1) is 17.3. The summed E-state index contributed by atoms with van der Waals surface area (Å²) in [5, 5.41) is 5.46. The Balaban J connectivity index is 1.52. The van der Waals surface area contributed by atoms with E-state index < -0.39 is 34.2 Å². The van der Waals surface area contributed by atoms with Crippen molar-refractivity contribution in [2.75, 3.05) is 25.1 Å². The topological polar surface area (TPSA) is 133 Å². The van der Waals surface area contributed by atoms with Gasteiger partial charge in [-0.25, -0.2) is 25.1 Å².